The zero-order valence-electron chi connectivity index (χ0n) is 8.46. The second-order valence-corrected chi connectivity index (χ2v) is 3.90. The first-order valence-corrected chi connectivity index (χ1v) is 5.16. The Hall–Kier alpha value is -0.890. The smallest absolute Gasteiger partial charge is 0.163 e. The fourth-order valence-corrected chi connectivity index (χ4v) is 1.33. The van der Waals surface area contributed by atoms with Crippen LogP contribution in [0.4, 0.5) is 0 Å². The highest BCUT2D eigenvalue weighted by molar-refractivity contribution is 6.29. The largest absolute Gasteiger partial charge is 0.294 e. The van der Waals surface area contributed by atoms with E-state index in [0.717, 1.165) is 6.42 Å². The Morgan fingerprint density at radius 3 is 2.93 bits per heavy atom. The second-order valence-electron chi connectivity index (χ2n) is 3.51. The first-order valence-electron chi connectivity index (χ1n) is 4.78. The van der Waals surface area contributed by atoms with Crippen LogP contribution in [0.1, 0.15) is 37.0 Å². The van der Waals surface area contributed by atoms with Crippen molar-refractivity contribution in [3.05, 3.63) is 29.0 Å². The van der Waals surface area contributed by atoms with Gasteiger partial charge in [-0.25, -0.2) is 4.98 Å². The number of hydrogen-bond donors (Lipinski definition) is 0. The maximum Gasteiger partial charge on any atom is 0.163 e. The molecule has 76 valence electrons. The zero-order valence-corrected chi connectivity index (χ0v) is 9.21. The molecule has 0 radical (unpaired) electrons. The van der Waals surface area contributed by atoms with Crippen molar-refractivity contribution in [2.45, 2.75) is 26.7 Å². The zero-order chi connectivity index (χ0) is 10.6. The minimum Gasteiger partial charge on any atom is -0.294 e. The molecule has 1 atom stereocenters. The van der Waals surface area contributed by atoms with Crippen molar-refractivity contribution in [1.29, 1.82) is 0 Å². The topological polar surface area (TPSA) is 30.0 Å². The van der Waals surface area contributed by atoms with Gasteiger partial charge in [0.05, 0.1) is 0 Å². The van der Waals surface area contributed by atoms with Gasteiger partial charge in [-0.1, -0.05) is 31.9 Å². The number of nitrogens with zero attached hydrogens (tertiary/aromatic N) is 1. The Bertz CT molecular complexity index is 325. The van der Waals surface area contributed by atoms with Crippen LogP contribution >= 0.6 is 11.6 Å². The lowest BCUT2D eigenvalue weighted by Crippen LogP contribution is -2.05. The van der Waals surface area contributed by atoms with Crippen LogP contribution in [-0.2, 0) is 0 Å². The van der Waals surface area contributed by atoms with Crippen LogP contribution in [0.15, 0.2) is 18.3 Å². The maximum absolute atomic E-state index is 11.7. The van der Waals surface area contributed by atoms with Gasteiger partial charge in [0, 0.05) is 18.2 Å². The molecule has 0 N–H and O–H groups in total. The van der Waals surface area contributed by atoms with Gasteiger partial charge in [-0.3, -0.25) is 4.79 Å². The highest BCUT2D eigenvalue weighted by Gasteiger charge is 2.10. The van der Waals surface area contributed by atoms with Crippen LogP contribution < -0.4 is 0 Å². The van der Waals surface area contributed by atoms with Gasteiger partial charge in [-0.2, -0.15) is 0 Å². The minimum absolute atomic E-state index is 0.142. The van der Waals surface area contributed by atoms with Gasteiger partial charge < -0.3 is 0 Å². The third kappa shape index (κ3) is 3.11. The Morgan fingerprint density at radius 1 is 1.64 bits per heavy atom. The Kier molecular flexibility index (Phi) is 4.08. The first kappa shape index (κ1) is 11.2. The molecule has 1 heterocycles. The second kappa shape index (κ2) is 5.11. The molecule has 0 fully saturated rings. The Balaban J connectivity index is 2.70. The van der Waals surface area contributed by atoms with Crippen LogP contribution in [0.3, 0.4) is 0 Å². The van der Waals surface area contributed by atoms with E-state index in [4.69, 9.17) is 11.6 Å². The summed E-state index contributed by atoms with van der Waals surface area (Å²) in [6, 6.07) is 3.32. The van der Waals surface area contributed by atoms with Gasteiger partial charge in [-0.15, -0.1) is 0 Å². The van der Waals surface area contributed by atoms with Crippen molar-refractivity contribution in [2.24, 2.45) is 5.92 Å². The van der Waals surface area contributed by atoms with Gasteiger partial charge in [-0.05, 0) is 18.1 Å². The van der Waals surface area contributed by atoms with E-state index >= 15 is 0 Å². The van der Waals surface area contributed by atoms with Crippen LogP contribution in [0, 0.1) is 5.92 Å². The Labute approximate surface area is 89.3 Å². The quantitative estimate of drug-likeness (QED) is 0.565. The van der Waals surface area contributed by atoms with Crippen LogP contribution in [0.5, 0.6) is 0 Å². The minimum atomic E-state index is 0.142. The van der Waals surface area contributed by atoms with Gasteiger partial charge in [0.25, 0.3) is 0 Å². The maximum atomic E-state index is 11.7. The van der Waals surface area contributed by atoms with Crippen molar-refractivity contribution < 1.29 is 4.79 Å². The summed E-state index contributed by atoms with van der Waals surface area (Å²) in [7, 11) is 0. The number of ketones is 1. The molecule has 2 nitrogen and oxygen atoms in total. The molecule has 1 aromatic rings. The van der Waals surface area contributed by atoms with E-state index in [1.54, 1.807) is 18.3 Å². The predicted molar refractivity (Wildman–Crippen MR) is 57.6 cm³/mol. The molecule has 0 aliphatic carbocycles. The summed E-state index contributed by atoms with van der Waals surface area (Å²) in [5, 5.41) is 0.375. The number of aromatic nitrogens is 1. The predicted octanol–water partition coefficient (Wildman–Crippen LogP) is 3.35. The van der Waals surface area contributed by atoms with Crippen molar-refractivity contribution in [3.8, 4) is 0 Å². The van der Waals surface area contributed by atoms with E-state index in [1.165, 1.54) is 0 Å². The molecule has 0 bridgehead atoms. The summed E-state index contributed by atoms with van der Waals surface area (Å²) in [5.74, 6) is 0.568. The summed E-state index contributed by atoms with van der Waals surface area (Å²) in [4.78, 5) is 15.5. The van der Waals surface area contributed by atoms with Crippen molar-refractivity contribution in [3.63, 3.8) is 0 Å². The molecule has 0 amide bonds. The summed E-state index contributed by atoms with van der Waals surface area (Å²) < 4.78 is 0. The summed E-state index contributed by atoms with van der Waals surface area (Å²) in [6.07, 6.45) is 3.16. The lowest BCUT2D eigenvalue weighted by atomic mass is 9.98. The van der Waals surface area contributed by atoms with E-state index < -0.39 is 0 Å². The normalized spacial score (nSPS) is 12.5. The number of carbonyl (C=O) groups excluding carboxylic acids is 1. The third-order valence-corrected chi connectivity index (χ3v) is 2.49. The lowest BCUT2D eigenvalue weighted by molar-refractivity contribution is 0.0963. The molecule has 0 saturated heterocycles. The fourth-order valence-electron chi connectivity index (χ4n) is 1.15. The Morgan fingerprint density at radius 2 is 2.36 bits per heavy atom. The van der Waals surface area contributed by atoms with Gasteiger partial charge >= 0.3 is 0 Å². The number of rotatable bonds is 4. The summed E-state index contributed by atoms with van der Waals surface area (Å²) in [6.45, 7) is 4.15. The van der Waals surface area contributed by atoms with Crippen LogP contribution in [0.2, 0.25) is 5.15 Å². The summed E-state index contributed by atoms with van der Waals surface area (Å²) in [5.41, 5.74) is 0.658. The molecular formula is C11H14ClNO. The van der Waals surface area contributed by atoms with E-state index in [-0.39, 0.29) is 5.78 Å². The fraction of sp³-hybridized carbons (Fsp3) is 0.455. The van der Waals surface area contributed by atoms with Gasteiger partial charge in [0.1, 0.15) is 5.15 Å². The van der Waals surface area contributed by atoms with Crippen molar-refractivity contribution in [2.75, 3.05) is 0 Å². The first-order chi connectivity index (χ1) is 6.63. The molecule has 0 saturated carbocycles. The van der Waals surface area contributed by atoms with Crippen LogP contribution in [-0.4, -0.2) is 10.8 Å². The number of halogens is 1. The number of carbonyl (C=O) groups is 1. The van der Waals surface area contributed by atoms with E-state index in [9.17, 15) is 4.79 Å². The number of Topliss-reactive ketones (excluding diaryl/α,β-unsaturated/α-hetero) is 1. The molecule has 14 heavy (non-hydrogen) atoms. The SMILES string of the molecule is CC[C@H](C)CC(=O)c1ccnc(Cl)c1. The molecule has 1 aromatic heterocycles. The average Bonchev–Trinajstić information content (AvgIpc) is 2.17. The third-order valence-electron chi connectivity index (χ3n) is 2.28. The monoisotopic (exact) mass is 211 g/mol. The molecule has 0 aliphatic heterocycles. The lowest BCUT2D eigenvalue weighted by Gasteiger charge is -2.06. The van der Waals surface area contributed by atoms with Crippen molar-refractivity contribution in [1.82, 2.24) is 4.98 Å². The van der Waals surface area contributed by atoms with E-state index in [2.05, 4.69) is 18.8 Å². The van der Waals surface area contributed by atoms with Crippen molar-refractivity contribution >= 4 is 17.4 Å². The van der Waals surface area contributed by atoms with Crippen LogP contribution in [0.25, 0.3) is 0 Å². The molecule has 1 rings (SSSR count). The molecule has 0 aromatic carbocycles. The van der Waals surface area contributed by atoms with Gasteiger partial charge in [0.15, 0.2) is 5.78 Å². The van der Waals surface area contributed by atoms with E-state index in [0.29, 0.717) is 23.1 Å². The number of hydrogen-bond acceptors (Lipinski definition) is 2. The van der Waals surface area contributed by atoms with Gasteiger partial charge in [0.2, 0.25) is 0 Å². The highest BCUT2D eigenvalue weighted by atomic mass is 35.5. The molecule has 0 spiro atoms. The molecule has 0 aliphatic rings. The highest BCUT2D eigenvalue weighted by Crippen LogP contribution is 2.14. The molecule has 0 unspecified atom stereocenters. The average molecular weight is 212 g/mol. The summed E-state index contributed by atoms with van der Waals surface area (Å²) >= 11 is 5.70. The molecule has 3 heteroatoms. The molecular weight excluding hydrogens is 198 g/mol. The standard InChI is InChI=1S/C11H14ClNO/c1-3-8(2)6-10(14)9-4-5-13-11(12)7-9/h4-5,7-8H,3,6H2,1-2H3/t8-/m0/s1. The van der Waals surface area contributed by atoms with E-state index in [1.807, 2.05) is 0 Å². The number of pyridine rings is 1.